The van der Waals surface area contributed by atoms with Gasteiger partial charge in [-0.2, -0.15) is 0 Å². The summed E-state index contributed by atoms with van der Waals surface area (Å²) < 4.78 is 11.2. The molecule has 122 valence electrons. The molecular formula is C18H27NO3. The third kappa shape index (κ3) is 4.01. The first-order chi connectivity index (χ1) is 10.6. The van der Waals surface area contributed by atoms with Gasteiger partial charge in [0, 0.05) is 12.3 Å². The normalized spacial score (nSPS) is 24.8. The lowest BCUT2D eigenvalue weighted by Crippen LogP contribution is -2.48. The smallest absolute Gasteiger partial charge is 0.256 e. The molecule has 0 spiro atoms. The Labute approximate surface area is 133 Å². The summed E-state index contributed by atoms with van der Waals surface area (Å²) >= 11 is 0. The Morgan fingerprint density at radius 1 is 1.36 bits per heavy atom. The van der Waals surface area contributed by atoms with Crippen LogP contribution in [-0.2, 0) is 9.53 Å². The van der Waals surface area contributed by atoms with Crippen LogP contribution in [0.2, 0.25) is 0 Å². The molecule has 2 rings (SSSR count). The minimum Gasteiger partial charge on any atom is -0.497 e. The Morgan fingerprint density at radius 3 is 2.68 bits per heavy atom. The van der Waals surface area contributed by atoms with Crippen LogP contribution in [0.25, 0.3) is 0 Å². The minimum absolute atomic E-state index is 0.0160. The van der Waals surface area contributed by atoms with Gasteiger partial charge in [0.15, 0.2) is 0 Å². The van der Waals surface area contributed by atoms with E-state index in [0.717, 1.165) is 37.1 Å². The lowest BCUT2D eigenvalue weighted by molar-refractivity contribution is -0.148. The van der Waals surface area contributed by atoms with Crippen molar-refractivity contribution in [3.8, 4) is 5.75 Å². The van der Waals surface area contributed by atoms with Crippen LogP contribution in [0.1, 0.15) is 46.0 Å². The number of carbonyl (C=O) groups is 1. The molecule has 1 saturated carbocycles. The second kappa shape index (κ2) is 7.63. The Hall–Kier alpha value is -1.55. The van der Waals surface area contributed by atoms with Gasteiger partial charge in [-0.1, -0.05) is 20.3 Å². The predicted octanol–water partition coefficient (Wildman–Crippen LogP) is 4.01. The van der Waals surface area contributed by atoms with Crippen molar-refractivity contribution in [2.75, 3.05) is 19.0 Å². The second-order valence-corrected chi connectivity index (χ2v) is 6.23. The maximum Gasteiger partial charge on any atom is 0.256 e. The molecule has 0 unspecified atom stereocenters. The Balaban J connectivity index is 2.10. The summed E-state index contributed by atoms with van der Waals surface area (Å²) in [5.74, 6) is 1.28. The molecule has 1 aliphatic rings. The second-order valence-electron chi connectivity index (χ2n) is 6.23. The highest BCUT2D eigenvalue weighted by Crippen LogP contribution is 2.36. The number of hydrogen-bond donors (Lipinski definition) is 1. The van der Waals surface area contributed by atoms with Crippen molar-refractivity contribution in [1.29, 1.82) is 0 Å². The summed E-state index contributed by atoms with van der Waals surface area (Å²) in [7, 11) is 1.63. The molecule has 0 heterocycles. The zero-order valence-electron chi connectivity index (χ0n) is 13.9. The van der Waals surface area contributed by atoms with Gasteiger partial charge >= 0.3 is 0 Å². The largest absolute Gasteiger partial charge is 0.497 e. The number of nitrogens with one attached hydrogen (secondary N) is 1. The minimum atomic E-state index is -0.673. The van der Waals surface area contributed by atoms with Crippen LogP contribution in [0.15, 0.2) is 24.3 Å². The highest BCUT2D eigenvalue weighted by molar-refractivity contribution is 5.97. The van der Waals surface area contributed by atoms with Crippen LogP contribution in [-0.4, -0.2) is 25.2 Å². The van der Waals surface area contributed by atoms with E-state index >= 15 is 0 Å². The third-order valence-corrected chi connectivity index (χ3v) is 4.30. The van der Waals surface area contributed by atoms with Crippen molar-refractivity contribution in [1.82, 2.24) is 0 Å². The lowest BCUT2D eigenvalue weighted by atomic mass is 9.78. The van der Waals surface area contributed by atoms with Crippen molar-refractivity contribution >= 4 is 11.6 Å². The van der Waals surface area contributed by atoms with Gasteiger partial charge in [-0.05, 0) is 55.9 Å². The quantitative estimate of drug-likeness (QED) is 0.864. The molecule has 0 aliphatic heterocycles. The Morgan fingerprint density at radius 2 is 2.09 bits per heavy atom. The molecule has 1 fully saturated rings. The number of methoxy groups -OCH3 is 1. The molecule has 0 saturated heterocycles. The molecule has 1 aromatic rings. The van der Waals surface area contributed by atoms with Crippen LogP contribution in [0.3, 0.4) is 0 Å². The fourth-order valence-corrected chi connectivity index (χ4v) is 3.12. The van der Waals surface area contributed by atoms with Gasteiger partial charge in [0.1, 0.15) is 11.4 Å². The molecule has 4 heteroatoms. The first-order valence-electron chi connectivity index (χ1n) is 8.19. The fourth-order valence-electron chi connectivity index (χ4n) is 3.12. The van der Waals surface area contributed by atoms with E-state index in [0.29, 0.717) is 12.5 Å². The number of carbonyl (C=O) groups excluding carboxylic acids is 1. The standard InChI is InChI=1S/C18H27NO3/c1-4-12-22-18(11-5-6-14(2)13-18)17(20)19-15-7-9-16(21-3)10-8-15/h7-10,14H,4-6,11-13H2,1-3H3,(H,19,20)/t14-,18-/m1/s1. The Bertz CT molecular complexity index is 486. The van der Waals surface area contributed by atoms with Gasteiger partial charge in [0.25, 0.3) is 5.91 Å². The van der Waals surface area contributed by atoms with E-state index in [4.69, 9.17) is 9.47 Å². The number of ether oxygens (including phenoxy) is 2. The molecule has 1 aliphatic carbocycles. The summed E-state index contributed by atoms with van der Waals surface area (Å²) in [4.78, 5) is 12.8. The highest BCUT2D eigenvalue weighted by Gasteiger charge is 2.42. The van der Waals surface area contributed by atoms with Gasteiger partial charge in [0.05, 0.1) is 7.11 Å². The molecule has 22 heavy (non-hydrogen) atoms. The summed E-state index contributed by atoms with van der Waals surface area (Å²) in [6.45, 7) is 4.90. The van der Waals surface area contributed by atoms with Crippen LogP contribution in [0.4, 0.5) is 5.69 Å². The first kappa shape index (κ1) is 16.8. The molecule has 1 aromatic carbocycles. The van der Waals surface area contributed by atoms with Crippen LogP contribution in [0, 0.1) is 5.92 Å². The zero-order valence-corrected chi connectivity index (χ0v) is 13.9. The predicted molar refractivity (Wildman–Crippen MR) is 88.2 cm³/mol. The van der Waals surface area contributed by atoms with Crippen LogP contribution in [0.5, 0.6) is 5.75 Å². The van der Waals surface area contributed by atoms with Crippen molar-refractivity contribution in [3.05, 3.63) is 24.3 Å². The van der Waals surface area contributed by atoms with Crippen LogP contribution >= 0.6 is 0 Å². The number of anilines is 1. The summed E-state index contributed by atoms with van der Waals surface area (Å²) in [6, 6.07) is 7.41. The molecule has 1 amide bonds. The molecule has 0 aromatic heterocycles. The van der Waals surface area contributed by atoms with Crippen molar-refractivity contribution in [2.24, 2.45) is 5.92 Å². The number of benzene rings is 1. The fraction of sp³-hybridized carbons (Fsp3) is 0.611. The summed E-state index contributed by atoms with van der Waals surface area (Å²) in [5.41, 5.74) is 0.108. The van der Waals surface area contributed by atoms with E-state index in [1.54, 1.807) is 7.11 Å². The topological polar surface area (TPSA) is 47.6 Å². The van der Waals surface area contributed by atoms with Gasteiger partial charge in [-0.3, -0.25) is 4.79 Å². The molecule has 1 N–H and O–H groups in total. The van der Waals surface area contributed by atoms with Gasteiger partial charge < -0.3 is 14.8 Å². The van der Waals surface area contributed by atoms with E-state index in [2.05, 4.69) is 19.2 Å². The van der Waals surface area contributed by atoms with Gasteiger partial charge in [-0.15, -0.1) is 0 Å². The average Bonchev–Trinajstić information content (AvgIpc) is 2.53. The van der Waals surface area contributed by atoms with E-state index < -0.39 is 5.60 Å². The van der Waals surface area contributed by atoms with Gasteiger partial charge in [0.2, 0.25) is 0 Å². The molecule has 2 atom stereocenters. The zero-order chi connectivity index (χ0) is 16.0. The molecule has 0 radical (unpaired) electrons. The number of rotatable bonds is 6. The van der Waals surface area contributed by atoms with Crippen molar-refractivity contribution in [3.63, 3.8) is 0 Å². The van der Waals surface area contributed by atoms with E-state index in [1.807, 2.05) is 24.3 Å². The maximum absolute atomic E-state index is 12.8. The van der Waals surface area contributed by atoms with E-state index in [9.17, 15) is 4.79 Å². The van der Waals surface area contributed by atoms with E-state index in [-0.39, 0.29) is 5.91 Å². The Kier molecular flexibility index (Phi) is 5.83. The number of amides is 1. The maximum atomic E-state index is 12.8. The van der Waals surface area contributed by atoms with Crippen LogP contribution < -0.4 is 10.1 Å². The van der Waals surface area contributed by atoms with E-state index in [1.165, 1.54) is 6.42 Å². The summed E-state index contributed by atoms with van der Waals surface area (Å²) in [5, 5.41) is 3.01. The molecule has 0 bridgehead atoms. The third-order valence-electron chi connectivity index (χ3n) is 4.30. The lowest BCUT2D eigenvalue weighted by Gasteiger charge is -2.38. The SMILES string of the molecule is CCCO[C@]1(C(=O)Nc2ccc(OC)cc2)CCC[C@@H](C)C1. The van der Waals surface area contributed by atoms with Crippen molar-refractivity contribution < 1.29 is 14.3 Å². The average molecular weight is 305 g/mol. The monoisotopic (exact) mass is 305 g/mol. The number of hydrogen-bond acceptors (Lipinski definition) is 3. The molecule has 4 nitrogen and oxygen atoms in total. The first-order valence-corrected chi connectivity index (χ1v) is 8.19. The summed E-state index contributed by atoms with van der Waals surface area (Å²) in [6.07, 6.45) is 4.74. The van der Waals surface area contributed by atoms with Gasteiger partial charge in [-0.25, -0.2) is 0 Å². The highest BCUT2D eigenvalue weighted by atomic mass is 16.5. The van der Waals surface area contributed by atoms with Crippen molar-refractivity contribution in [2.45, 2.75) is 51.6 Å². The molecular weight excluding hydrogens is 278 g/mol.